The van der Waals surface area contributed by atoms with Gasteiger partial charge in [-0.15, -0.1) is 0 Å². The number of hydrogen-bond donors (Lipinski definition) is 3. The van der Waals surface area contributed by atoms with Gasteiger partial charge in [-0.25, -0.2) is 13.6 Å². The number of primary sulfonamides is 1. The summed E-state index contributed by atoms with van der Waals surface area (Å²) in [5.41, 5.74) is 6.90. The number of sulfonamides is 1. The Kier molecular flexibility index (Phi) is 6.00. The molecule has 8 heteroatoms. The van der Waals surface area contributed by atoms with Crippen LogP contribution in [0.5, 0.6) is 0 Å². The highest BCUT2D eigenvalue weighted by atomic mass is 32.2. The minimum absolute atomic E-state index is 0.0453. The van der Waals surface area contributed by atoms with Crippen LogP contribution >= 0.6 is 11.8 Å². The second kappa shape index (κ2) is 7.07. The number of thioether (sulfide) groups is 1. The van der Waals surface area contributed by atoms with E-state index in [1.807, 2.05) is 6.26 Å². The third kappa shape index (κ3) is 4.78. The summed E-state index contributed by atoms with van der Waals surface area (Å²) in [5.74, 6) is 0.443. The Morgan fingerprint density at radius 2 is 2.10 bits per heavy atom. The average molecular weight is 317 g/mol. The van der Waals surface area contributed by atoms with E-state index in [4.69, 9.17) is 10.9 Å². The van der Waals surface area contributed by atoms with Gasteiger partial charge in [0.2, 0.25) is 15.9 Å². The van der Waals surface area contributed by atoms with E-state index in [1.54, 1.807) is 24.8 Å². The molecule has 0 saturated carbocycles. The summed E-state index contributed by atoms with van der Waals surface area (Å²) in [6.45, 7) is 1.76. The molecule has 0 aliphatic rings. The number of carbonyl (C=O) groups excluding carboxylic acids is 1. The molecule has 6 nitrogen and oxygen atoms in total. The molecule has 1 aromatic rings. The first-order valence-corrected chi connectivity index (χ1v) is 8.88. The van der Waals surface area contributed by atoms with E-state index in [2.05, 4.69) is 5.32 Å². The zero-order valence-corrected chi connectivity index (χ0v) is 13.1. The summed E-state index contributed by atoms with van der Waals surface area (Å²) in [4.78, 5) is 11.9. The Morgan fingerprint density at radius 1 is 1.45 bits per heavy atom. The van der Waals surface area contributed by atoms with Crippen LogP contribution in [0.3, 0.4) is 0 Å². The predicted octanol–water partition coefficient (Wildman–Crippen LogP) is 0.661. The predicted molar refractivity (Wildman–Crippen MR) is 82.2 cm³/mol. The van der Waals surface area contributed by atoms with Crippen molar-refractivity contribution in [2.45, 2.75) is 24.3 Å². The highest BCUT2D eigenvalue weighted by molar-refractivity contribution is 7.98. The second-order valence-electron chi connectivity index (χ2n) is 4.40. The normalized spacial score (nSPS) is 13.0. The van der Waals surface area contributed by atoms with Crippen molar-refractivity contribution in [2.75, 3.05) is 17.3 Å². The van der Waals surface area contributed by atoms with E-state index in [0.717, 1.165) is 11.3 Å². The molecule has 0 aliphatic carbocycles. The van der Waals surface area contributed by atoms with Gasteiger partial charge in [0.05, 0.1) is 10.9 Å². The molecule has 1 aromatic carbocycles. The number of anilines is 1. The molecule has 0 bridgehead atoms. The van der Waals surface area contributed by atoms with Gasteiger partial charge in [-0.3, -0.25) is 4.79 Å². The maximum Gasteiger partial charge on any atom is 0.241 e. The average Bonchev–Trinajstić information content (AvgIpc) is 2.37. The third-order valence-electron chi connectivity index (χ3n) is 2.77. The quantitative estimate of drug-likeness (QED) is 0.713. The number of amides is 1. The van der Waals surface area contributed by atoms with Gasteiger partial charge in [0.1, 0.15) is 0 Å². The second-order valence-corrected chi connectivity index (χ2v) is 6.95. The summed E-state index contributed by atoms with van der Waals surface area (Å²) < 4.78 is 22.6. The number of aryl methyl sites for hydroxylation is 1. The minimum atomic E-state index is -3.80. The van der Waals surface area contributed by atoms with Crippen molar-refractivity contribution in [2.24, 2.45) is 10.9 Å². The van der Waals surface area contributed by atoms with Gasteiger partial charge in [0.15, 0.2) is 0 Å². The van der Waals surface area contributed by atoms with E-state index in [-0.39, 0.29) is 10.8 Å². The van der Waals surface area contributed by atoms with Crippen molar-refractivity contribution in [3.05, 3.63) is 23.8 Å². The lowest BCUT2D eigenvalue weighted by Gasteiger charge is -2.14. The number of nitrogens with two attached hydrogens (primary N) is 2. The molecule has 1 amide bonds. The zero-order valence-electron chi connectivity index (χ0n) is 11.4. The Morgan fingerprint density at radius 3 is 2.65 bits per heavy atom. The Hall–Kier alpha value is -1.09. The molecular weight excluding hydrogens is 298 g/mol. The van der Waals surface area contributed by atoms with Gasteiger partial charge >= 0.3 is 0 Å². The zero-order chi connectivity index (χ0) is 15.3. The van der Waals surface area contributed by atoms with Crippen molar-refractivity contribution in [1.82, 2.24) is 0 Å². The molecule has 0 aromatic heterocycles. The Labute approximate surface area is 123 Å². The van der Waals surface area contributed by atoms with Crippen LogP contribution < -0.4 is 16.2 Å². The fraction of sp³-hybridized carbons (Fsp3) is 0.417. The summed E-state index contributed by atoms with van der Waals surface area (Å²) in [7, 11) is -3.80. The third-order valence-corrected chi connectivity index (χ3v) is 4.32. The number of rotatable bonds is 6. The molecule has 1 rings (SSSR count). The molecule has 0 fully saturated rings. The molecular formula is C12H19N3O3S2. The van der Waals surface area contributed by atoms with E-state index >= 15 is 0 Å². The van der Waals surface area contributed by atoms with Crippen molar-refractivity contribution >= 4 is 33.4 Å². The first kappa shape index (κ1) is 17.0. The standard InChI is InChI=1S/C12H19N3O3S2/c1-8-3-4-9(20(14,17)18)7-11(8)15-12(16)10(13)5-6-19-2/h3-4,7,10H,5-6,13H2,1-2H3,(H,15,16)(H2,14,17,18)/t10-/m0/s1. The van der Waals surface area contributed by atoms with Crippen molar-refractivity contribution in [3.63, 3.8) is 0 Å². The molecule has 0 unspecified atom stereocenters. The maximum absolute atomic E-state index is 11.9. The minimum Gasteiger partial charge on any atom is -0.324 e. The van der Waals surface area contributed by atoms with Crippen LogP contribution in [0.15, 0.2) is 23.1 Å². The Bertz CT molecular complexity index is 588. The fourth-order valence-electron chi connectivity index (χ4n) is 1.51. The monoisotopic (exact) mass is 317 g/mol. The van der Waals surface area contributed by atoms with Crippen molar-refractivity contribution < 1.29 is 13.2 Å². The summed E-state index contributed by atoms with van der Waals surface area (Å²) in [6, 6.07) is 3.70. The number of nitrogens with one attached hydrogen (secondary N) is 1. The molecule has 1 atom stereocenters. The SMILES string of the molecule is CSCC[C@H](N)C(=O)Nc1cc(S(N)(=O)=O)ccc1C. The van der Waals surface area contributed by atoms with Crippen LogP contribution in [-0.2, 0) is 14.8 Å². The van der Waals surface area contributed by atoms with Crippen LogP contribution in [-0.4, -0.2) is 32.4 Å². The first-order chi connectivity index (χ1) is 9.25. The van der Waals surface area contributed by atoms with Gasteiger partial charge < -0.3 is 11.1 Å². The lowest BCUT2D eigenvalue weighted by molar-refractivity contribution is -0.117. The largest absolute Gasteiger partial charge is 0.324 e. The van der Waals surface area contributed by atoms with Crippen LogP contribution in [0.1, 0.15) is 12.0 Å². The van der Waals surface area contributed by atoms with Gasteiger partial charge in [-0.2, -0.15) is 11.8 Å². The number of carbonyl (C=O) groups is 1. The Balaban J connectivity index is 2.89. The van der Waals surface area contributed by atoms with E-state index in [1.165, 1.54) is 12.1 Å². The lowest BCUT2D eigenvalue weighted by atomic mass is 10.1. The van der Waals surface area contributed by atoms with Crippen molar-refractivity contribution in [3.8, 4) is 0 Å². The summed E-state index contributed by atoms with van der Waals surface area (Å²) >= 11 is 1.61. The smallest absolute Gasteiger partial charge is 0.241 e. The number of benzene rings is 1. The molecule has 5 N–H and O–H groups in total. The molecule has 20 heavy (non-hydrogen) atoms. The molecule has 0 heterocycles. The molecule has 0 saturated heterocycles. The van der Waals surface area contributed by atoms with Gasteiger partial charge in [0, 0.05) is 5.69 Å². The van der Waals surface area contributed by atoms with Crippen molar-refractivity contribution in [1.29, 1.82) is 0 Å². The van der Waals surface area contributed by atoms with Gasteiger partial charge in [0.25, 0.3) is 0 Å². The van der Waals surface area contributed by atoms with Gasteiger partial charge in [-0.1, -0.05) is 6.07 Å². The van der Waals surface area contributed by atoms with Crippen LogP contribution in [0, 0.1) is 6.92 Å². The van der Waals surface area contributed by atoms with Crippen LogP contribution in [0.2, 0.25) is 0 Å². The summed E-state index contributed by atoms with van der Waals surface area (Å²) in [6.07, 6.45) is 2.49. The maximum atomic E-state index is 11.9. The van der Waals surface area contributed by atoms with E-state index in [0.29, 0.717) is 12.1 Å². The number of hydrogen-bond acceptors (Lipinski definition) is 5. The van der Waals surface area contributed by atoms with Crippen LogP contribution in [0.4, 0.5) is 5.69 Å². The first-order valence-electron chi connectivity index (χ1n) is 5.94. The molecule has 0 spiro atoms. The highest BCUT2D eigenvalue weighted by Crippen LogP contribution is 2.19. The van der Waals surface area contributed by atoms with Gasteiger partial charge in [-0.05, 0) is 43.0 Å². The van der Waals surface area contributed by atoms with E-state index < -0.39 is 16.1 Å². The fourth-order valence-corrected chi connectivity index (χ4v) is 2.54. The van der Waals surface area contributed by atoms with Crippen LogP contribution in [0.25, 0.3) is 0 Å². The highest BCUT2D eigenvalue weighted by Gasteiger charge is 2.16. The lowest BCUT2D eigenvalue weighted by Crippen LogP contribution is -2.36. The molecule has 112 valence electrons. The summed E-state index contributed by atoms with van der Waals surface area (Å²) in [5, 5.41) is 7.70. The molecule has 0 aliphatic heterocycles. The topological polar surface area (TPSA) is 115 Å². The molecule has 0 radical (unpaired) electrons. The van der Waals surface area contributed by atoms with E-state index in [9.17, 15) is 13.2 Å².